The van der Waals surface area contributed by atoms with E-state index in [1.807, 2.05) is 6.92 Å². The zero-order valence-electron chi connectivity index (χ0n) is 11.9. The summed E-state index contributed by atoms with van der Waals surface area (Å²) >= 11 is 5.99. The predicted molar refractivity (Wildman–Crippen MR) is 81.6 cm³/mol. The van der Waals surface area contributed by atoms with Crippen molar-refractivity contribution in [1.82, 2.24) is 9.78 Å². The molecule has 0 aliphatic rings. The van der Waals surface area contributed by atoms with Crippen LogP contribution < -0.4 is 5.32 Å². The Labute approximate surface area is 127 Å². The monoisotopic (exact) mass is 305 g/mol. The summed E-state index contributed by atoms with van der Waals surface area (Å²) in [5.41, 5.74) is 2.23. The van der Waals surface area contributed by atoms with Gasteiger partial charge in [-0.15, -0.1) is 0 Å². The minimum absolute atomic E-state index is 0.101. The number of rotatable bonds is 4. The fourth-order valence-corrected chi connectivity index (χ4v) is 2.02. The van der Waals surface area contributed by atoms with Crippen LogP contribution in [0.15, 0.2) is 30.5 Å². The number of anilines is 1. The molecule has 0 aliphatic carbocycles. The van der Waals surface area contributed by atoms with Crippen molar-refractivity contribution in [2.24, 2.45) is 0 Å². The molecule has 0 saturated carbocycles. The molecule has 1 amide bonds. The van der Waals surface area contributed by atoms with Crippen LogP contribution in [-0.4, -0.2) is 21.6 Å². The maximum atomic E-state index is 11.9. The van der Waals surface area contributed by atoms with Gasteiger partial charge in [-0.3, -0.25) is 9.59 Å². The van der Waals surface area contributed by atoms with Crippen LogP contribution in [0.3, 0.4) is 0 Å². The summed E-state index contributed by atoms with van der Waals surface area (Å²) in [6.45, 7) is 3.63. The van der Waals surface area contributed by atoms with E-state index in [2.05, 4.69) is 10.4 Å². The van der Waals surface area contributed by atoms with Crippen molar-refractivity contribution in [1.29, 1.82) is 0 Å². The first kappa shape index (κ1) is 15.3. The summed E-state index contributed by atoms with van der Waals surface area (Å²) in [5, 5.41) is 7.37. The number of carbonyl (C=O) groups is 2. The van der Waals surface area contributed by atoms with Gasteiger partial charge in [-0.25, -0.2) is 4.68 Å². The molecule has 21 heavy (non-hydrogen) atoms. The number of amides is 1. The molecule has 0 saturated heterocycles. The lowest BCUT2D eigenvalue weighted by atomic mass is 10.2. The molecule has 1 aromatic carbocycles. The van der Waals surface area contributed by atoms with E-state index in [1.54, 1.807) is 37.4 Å². The Morgan fingerprint density at radius 3 is 2.67 bits per heavy atom. The number of nitrogens with zero attached hydrogens (tertiary/aromatic N) is 2. The minimum Gasteiger partial charge on any atom is -0.326 e. The lowest BCUT2D eigenvalue weighted by Crippen LogP contribution is -2.17. The number of hydrogen-bond donors (Lipinski definition) is 1. The molecular weight excluding hydrogens is 290 g/mol. The number of carbonyl (C=O) groups excluding carboxylic acids is 2. The average molecular weight is 306 g/mol. The van der Waals surface area contributed by atoms with Crippen LogP contribution in [0.1, 0.15) is 28.9 Å². The fourth-order valence-electron chi connectivity index (χ4n) is 1.84. The Bertz CT molecular complexity index is 679. The van der Waals surface area contributed by atoms with Gasteiger partial charge in [-0.05, 0) is 37.6 Å². The van der Waals surface area contributed by atoms with Gasteiger partial charge < -0.3 is 5.32 Å². The van der Waals surface area contributed by atoms with Gasteiger partial charge in [0, 0.05) is 29.7 Å². The number of hydrogen-bond acceptors (Lipinski definition) is 3. The highest BCUT2D eigenvalue weighted by atomic mass is 35.5. The molecule has 110 valence electrons. The Balaban J connectivity index is 1.90. The highest BCUT2D eigenvalue weighted by Gasteiger charge is 2.11. The van der Waals surface area contributed by atoms with Gasteiger partial charge in [0.1, 0.15) is 0 Å². The van der Waals surface area contributed by atoms with E-state index >= 15 is 0 Å². The third-order valence-electron chi connectivity index (χ3n) is 3.09. The largest absolute Gasteiger partial charge is 0.326 e. The highest BCUT2D eigenvalue weighted by Crippen LogP contribution is 2.23. The predicted octanol–water partition coefficient (Wildman–Crippen LogP) is 3.21. The molecular formula is C15H16ClN3O2. The molecule has 2 aromatic rings. The number of halogens is 1. The van der Waals surface area contributed by atoms with Crippen LogP contribution in [0.25, 0.3) is 0 Å². The van der Waals surface area contributed by atoms with Crippen LogP contribution in [-0.2, 0) is 4.79 Å². The molecule has 5 nitrogen and oxygen atoms in total. The number of benzene rings is 1. The van der Waals surface area contributed by atoms with E-state index in [-0.39, 0.29) is 24.7 Å². The molecule has 0 unspecified atom stereocenters. The van der Waals surface area contributed by atoms with Gasteiger partial charge in [-0.1, -0.05) is 17.7 Å². The summed E-state index contributed by atoms with van der Waals surface area (Å²) in [4.78, 5) is 23.7. The van der Waals surface area contributed by atoms with Crippen LogP contribution in [0.5, 0.6) is 0 Å². The van der Waals surface area contributed by atoms with Crippen LogP contribution in [0.4, 0.5) is 5.69 Å². The quantitative estimate of drug-likeness (QED) is 0.943. The van der Waals surface area contributed by atoms with Crippen LogP contribution in [0, 0.1) is 13.8 Å². The third-order valence-corrected chi connectivity index (χ3v) is 3.50. The van der Waals surface area contributed by atoms with Crippen molar-refractivity contribution in [3.8, 4) is 0 Å². The van der Waals surface area contributed by atoms with E-state index in [1.165, 1.54) is 4.68 Å². The summed E-state index contributed by atoms with van der Waals surface area (Å²) in [6, 6.07) is 7.05. The second kappa shape index (κ2) is 6.54. The summed E-state index contributed by atoms with van der Waals surface area (Å²) in [6.07, 6.45) is 1.80. The number of nitrogens with one attached hydrogen (secondary N) is 1. The van der Waals surface area contributed by atoms with Gasteiger partial charge in [0.2, 0.25) is 11.8 Å². The van der Waals surface area contributed by atoms with Crippen LogP contribution >= 0.6 is 11.6 Å². The molecule has 0 spiro atoms. The first-order valence-corrected chi connectivity index (χ1v) is 6.95. The zero-order valence-corrected chi connectivity index (χ0v) is 12.6. The number of aryl methyl sites for hydroxylation is 1. The molecule has 0 aliphatic heterocycles. The Morgan fingerprint density at radius 1 is 1.24 bits per heavy atom. The van der Waals surface area contributed by atoms with Crippen molar-refractivity contribution >= 4 is 29.1 Å². The molecule has 0 radical (unpaired) electrons. The van der Waals surface area contributed by atoms with E-state index < -0.39 is 0 Å². The maximum Gasteiger partial charge on any atom is 0.247 e. The van der Waals surface area contributed by atoms with Gasteiger partial charge in [0.25, 0.3) is 0 Å². The third kappa shape index (κ3) is 3.92. The smallest absolute Gasteiger partial charge is 0.247 e. The zero-order chi connectivity index (χ0) is 15.4. The van der Waals surface area contributed by atoms with Gasteiger partial charge in [-0.2, -0.15) is 5.10 Å². The first-order valence-electron chi connectivity index (χ1n) is 6.58. The van der Waals surface area contributed by atoms with Gasteiger partial charge >= 0.3 is 0 Å². The van der Waals surface area contributed by atoms with Crippen molar-refractivity contribution in [2.45, 2.75) is 26.7 Å². The molecule has 0 atom stereocenters. The Hall–Kier alpha value is -2.14. The number of aromatic nitrogens is 2. The molecule has 0 fully saturated rings. The molecule has 2 rings (SSSR count). The van der Waals surface area contributed by atoms with Gasteiger partial charge in [0.05, 0.1) is 5.69 Å². The Morgan fingerprint density at radius 2 is 2.00 bits per heavy atom. The van der Waals surface area contributed by atoms with E-state index in [4.69, 9.17) is 11.6 Å². The second-order valence-corrected chi connectivity index (χ2v) is 5.16. The SMILES string of the molecule is Cc1ccn(C(=O)CCC(=O)Nc2cccc(Cl)c2C)n1. The van der Waals surface area contributed by atoms with Crippen molar-refractivity contribution in [2.75, 3.05) is 5.32 Å². The van der Waals surface area contributed by atoms with Crippen molar-refractivity contribution in [3.05, 3.63) is 46.7 Å². The van der Waals surface area contributed by atoms with E-state index in [0.29, 0.717) is 10.7 Å². The summed E-state index contributed by atoms with van der Waals surface area (Å²) < 4.78 is 1.26. The lowest BCUT2D eigenvalue weighted by molar-refractivity contribution is -0.116. The van der Waals surface area contributed by atoms with E-state index in [9.17, 15) is 9.59 Å². The summed E-state index contributed by atoms with van der Waals surface area (Å²) in [7, 11) is 0. The molecule has 1 heterocycles. The normalized spacial score (nSPS) is 10.4. The second-order valence-electron chi connectivity index (χ2n) is 4.76. The topological polar surface area (TPSA) is 64.0 Å². The standard InChI is InChI=1S/C15H16ClN3O2/c1-10-8-9-19(18-10)15(21)7-6-14(20)17-13-5-3-4-12(16)11(13)2/h3-5,8-9H,6-7H2,1-2H3,(H,17,20). The molecule has 1 N–H and O–H groups in total. The minimum atomic E-state index is -0.224. The summed E-state index contributed by atoms with van der Waals surface area (Å²) in [5.74, 6) is -0.432. The molecule has 6 heteroatoms. The Kier molecular flexibility index (Phi) is 4.75. The molecule has 1 aromatic heterocycles. The van der Waals surface area contributed by atoms with Crippen LogP contribution in [0.2, 0.25) is 5.02 Å². The average Bonchev–Trinajstić information content (AvgIpc) is 2.88. The van der Waals surface area contributed by atoms with Gasteiger partial charge in [0.15, 0.2) is 0 Å². The fraction of sp³-hybridized carbons (Fsp3) is 0.267. The van der Waals surface area contributed by atoms with E-state index in [0.717, 1.165) is 11.3 Å². The molecule has 0 bridgehead atoms. The lowest BCUT2D eigenvalue weighted by Gasteiger charge is -2.09. The highest BCUT2D eigenvalue weighted by molar-refractivity contribution is 6.31. The maximum absolute atomic E-state index is 11.9. The van der Waals surface area contributed by atoms with Crippen molar-refractivity contribution < 1.29 is 9.59 Å². The first-order chi connectivity index (χ1) is 9.97. The van der Waals surface area contributed by atoms with Crippen molar-refractivity contribution in [3.63, 3.8) is 0 Å².